The molecule has 4 aromatic rings. The molecule has 0 amide bonds. The van der Waals surface area contributed by atoms with E-state index in [0.717, 1.165) is 0 Å². The Morgan fingerprint density at radius 1 is 0.923 bits per heavy atom. The number of hydrogen-bond donors (Lipinski definition) is 0. The van der Waals surface area contributed by atoms with E-state index in [1.165, 1.54) is 9.24 Å². The standard InChI is InChI=1S/C19H15ClN4O2/c1-22(2)24-10-8-16-13(19(24)26)11-12-15(21-16)7-9-23(18(12)25)17-6-4-3-5-14(17)20/h3-11H,1-2H3. The van der Waals surface area contributed by atoms with Crippen LogP contribution in [0.25, 0.3) is 27.5 Å². The highest BCUT2D eigenvalue weighted by Gasteiger charge is 2.12. The quantitative estimate of drug-likeness (QED) is 0.511. The number of halogens is 1. The van der Waals surface area contributed by atoms with Gasteiger partial charge in [0, 0.05) is 26.5 Å². The molecule has 6 nitrogen and oxygen atoms in total. The van der Waals surface area contributed by atoms with Crippen molar-refractivity contribution in [2.75, 3.05) is 19.1 Å². The van der Waals surface area contributed by atoms with Gasteiger partial charge in [-0.1, -0.05) is 23.7 Å². The molecule has 3 heterocycles. The van der Waals surface area contributed by atoms with Crippen molar-refractivity contribution >= 4 is 33.4 Å². The monoisotopic (exact) mass is 366 g/mol. The van der Waals surface area contributed by atoms with Gasteiger partial charge in [0.15, 0.2) is 0 Å². The van der Waals surface area contributed by atoms with Gasteiger partial charge in [-0.3, -0.25) is 14.2 Å². The topological polar surface area (TPSA) is 60.1 Å². The summed E-state index contributed by atoms with van der Waals surface area (Å²) in [5, 5.41) is 2.90. The first-order chi connectivity index (χ1) is 12.5. The Kier molecular flexibility index (Phi) is 3.77. The number of aromatic nitrogens is 3. The van der Waals surface area contributed by atoms with E-state index in [4.69, 9.17) is 11.6 Å². The highest BCUT2D eigenvalue weighted by atomic mass is 35.5. The molecule has 130 valence electrons. The predicted octanol–water partition coefficient (Wildman–Crippen LogP) is 2.55. The maximum atomic E-state index is 13.0. The number of nitrogens with zero attached hydrogens (tertiary/aromatic N) is 4. The molecule has 0 aliphatic heterocycles. The van der Waals surface area contributed by atoms with E-state index in [1.807, 2.05) is 6.07 Å². The third-order valence-corrected chi connectivity index (χ3v) is 4.59. The van der Waals surface area contributed by atoms with Crippen LogP contribution in [0.4, 0.5) is 0 Å². The van der Waals surface area contributed by atoms with E-state index in [0.29, 0.717) is 32.5 Å². The van der Waals surface area contributed by atoms with Crippen molar-refractivity contribution < 1.29 is 0 Å². The van der Waals surface area contributed by atoms with Crippen LogP contribution in [-0.4, -0.2) is 28.3 Å². The van der Waals surface area contributed by atoms with E-state index in [2.05, 4.69) is 4.98 Å². The molecule has 0 aliphatic carbocycles. The van der Waals surface area contributed by atoms with Gasteiger partial charge in [-0.15, -0.1) is 0 Å². The lowest BCUT2D eigenvalue weighted by molar-refractivity contribution is 0.706. The van der Waals surface area contributed by atoms with Gasteiger partial charge in [-0.2, -0.15) is 0 Å². The fourth-order valence-electron chi connectivity index (χ4n) is 2.97. The fourth-order valence-corrected chi connectivity index (χ4v) is 3.19. The first-order valence-electron chi connectivity index (χ1n) is 7.97. The largest absolute Gasteiger partial charge is 0.316 e. The first kappa shape index (κ1) is 16.4. The minimum atomic E-state index is -0.273. The molecule has 0 atom stereocenters. The molecule has 0 saturated carbocycles. The van der Waals surface area contributed by atoms with E-state index in [1.54, 1.807) is 67.9 Å². The summed E-state index contributed by atoms with van der Waals surface area (Å²) in [6, 6.07) is 12.2. The van der Waals surface area contributed by atoms with Crippen LogP contribution < -0.4 is 16.1 Å². The number of fused-ring (bicyclic) bond motifs is 2. The normalized spacial score (nSPS) is 11.2. The van der Waals surface area contributed by atoms with Crippen LogP contribution in [0.3, 0.4) is 0 Å². The van der Waals surface area contributed by atoms with Crippen LogP contribution in [0.1, 0.15) is 0 Å². The SMILES string of the molecule is CN(C)n1ccc2nc3ccn(-c4ccccc4Cl)c(=O)c3cc2c1=O. The Balaban J connectivity index is 2.07. The zero-order chi connectivity index (χ0) is 18.4. The zero-order valence-electron chi connectivity index (χ0n) is 14.2. The third-order valence-electron chi connectivity index (χ3n) is 4.27. The molecular formula is C19H15ClN4O2. The van der Waals surface area contributed by atoms with Crippen molar-refractivity contribution in [3.63, 3.8) is 0 Å². The molecule has 0 unspecified atom stereocenters. The van der Waals surface area contributed by atoms with Crippen molar-refractivity contribution in [3.05, 3.63) is 80.6 Å². The second kappa shape index (κ2) is 6.00. The minimum absolute atomic E-state index is 0.227. The molecule has 0 bridgehead atoms. The second-order valence-electron chi connectivity index (χ2n) is 6.11. The Morgan fingerprint density at radius 3 is 2.27 bits per heavy atom. The Labute approximate surface area is 153 Å². The van der Waals surface area contributed by atoms with Gasteiger partial charge >= 0.3 is 0 Å². The average Bonchev–Trinajstić information content (AvgIpc) is 2.62. The molecule has 7 heteroatoms. The number of benzene rings is 1. The molecule has 0 N–H and O–H groups in total. The number of hydrogen-bond acceptors (Lipinski definition) is 4. The van der Waals surface area contributed by atoms with Gasteiger partial charge in [-0.05, 0) is 30.3 Å². The maximum Gasteiger partial charge on any atom is 0.278 e. The maximum absolute atomic E-state index is 13.0. The molecule has 0 saturated heterocycles. The van der Waals surface area contributed by atoms with Crippen molar-refractivity contribution in [1.82, 2.24) is 14.2 Å². The average molecular weight is 367 g/mol. The van der Waals surface area contributed by atoms with Crippen LogP contribution in [0.15, 0.2) is 64.4 Å². The van der Waals surface area contributed by atoms with Crippen molar-refractivity contribution in [1.29, 1.82) is 0 Å². The van der Waals surface area contributed by atoms with Crippen molar-refractivity contribution in [3.8, 4) is 5.69 Å². The molecule has 1 aromatic carbocycles. The summed E-state index contributed by atoms with van der Waals surface area (Å²) < 4.78 is 2.93. The summed E-state index contributed by atoms with van der Waals surface area (Å²) >= 11 is 6.22. The van der Waals surface area contributed by atoms with E-state index >= 15 is 0 Å². The first-order valence-corrected chi connectivity index (χ1v) is 8.35. The van der Waals surface area contributed by atoms with Crippen LogP contribution in [-0.2, 0) is 0 Å². The lowest BCUT2D eigenvalue weighted by atomic mass is 10.2. The summed E-state index contributed by atoms with van der Waals surface area (Å²) in [7, 11) is 3.54. The molecule has 3 aromatic heterocycles. The highest BCUT2D eigenvalue weighted by Crippen LogP contribution is 2.20. The van der Waals surface area contributed by atoms with E-state index < -0.39 is 0 Å². The molecular weight excluding hydrogens is 352 g/mol. The number of pyridine rings is 3. The van der Waals surface area contributed by atoms with Crippen LogP contribution in [0, 0.1) is 0 Å². The number of rotatable bonds is 2. The van der Waals surface area contributed by atoms with Gasteiger partial charge in [0.25, 0.3) is 11.1 Å². The summed E-state index contributed by atoms with van der Waals surface area (Å²) in [4.78, 5) is 30.2. The van der Waals surface area contributed by atoms with Gasteiger partial charge < -0.3 is 5.01 Å². The Hall–Kier alpha value is -3.12. The van der Waals surface area contributed by atoms with Crippen LogP contribution in [0.5, 0.6) is 0 Å². The fraction of sp³-hybridized carbons (Fsp3) is 0.105. The summed E-state index contributed by atoms with van der Waals surface area (Å²) in [5.41, 5.74) is 1.17. The molecule has 4 rings (SSSR count). The number of para-hydroxylation sites is 1. The highest BCUT2D eigenvalue weighted by molar-refractivity contribution is 6.32. The van der Waals surface area contributed by atoms with Gasteiger partial charge in [0.05, 0.1) is 32.5 Å². The van der Waals surface area contributed by atoms with Crippen molar-refractivity contribution in [2.24, 2.45) is 0 Å². The molecule has 0 radical (unpaired) electrons. The Bertz CT molecular complexity index is 1270. The van der Waals surface area contributed by atoms with E-state index in [-0.39, 0.29) is 11.1 Å². The molecule has 26 heavy (non-hydrogen) atoms. The molecule has 0 fully saturated rings. The second-order valence-corrected chi connectivity index (χ2v) is 6.52. The van der Waals surface area contributed by atoms with Crippen LogP contribution >= 0.6 is 11.6 Å². The van der Waals surface area contributed by atoms with E-state index in [9.17, 15) is 9.59 Å². The third kappa shape index (κ3) is 2.46. The zero-order valence-corrected chi connectivity index (χ0v) is 14.9. The van der Waals surface area contributed by atoms with Crippen molar-refractivity contribution in [2.45, 2.75) is 0 Å². The van der Waals surface area contributed by atoms with Gasteiger partial charge in [0.2, 0.25) is 0 Å². The smallest absolute Gasteiger partial charge is 0.278 e. The minimum Gasteiger partial charge on any atom is -0.316 e. The molecule has 0 spiro atoms. The van der Waals surface area contributed by atoms with Gasteiger partial charge in [-0.25, -0.2) is 9.66 Å². The summed E-state index contributed by atoms with van der Waals surface area (Å²) in [5.74, 6) is 0. The van der Waals surface area contributed by atoms with Crippen LogP contribution in [0.2, 0.25) is 5.02 Å². The molecule has 0 aliphatic rings. The van der Waals surface area contributed by atoms with Gasteiger partial charge in [0.1, 0.15) is 0 Å². The predicted molar refractivity (Wildman–Crippen MR) is 104 cm³/mol. The lowest BCUT2D eigenvalue weighted by Gasteiger charge is -2.16. The summed E-state index contributed by atoms with van der Waals surface area (Å²) in [6.07, 6.45) is 3.31. The lowest BCUT2D eigenvalue weighted by Crippen LogP contribution is -2.35. The summed E-state index contributed by atoms with van der Waals surface area (Å²) in [6.45, 7) is 0. The Morgan fingerprint density at radius 2 is 1.58 bits per heavy atom.